The standard InChI is InChI=1S/C41H66O12/c1-36(2)14-16-41(35(48)49)17-15-39(6)21(22(41)18-36)8-9-26-38(5)12-11-27(37(3,4)25(38)10-13-40(26,39)7)52-34-32(30(46)29(45)24(19-42)51-34)53-33-31(47)28(44)23(43)20-50-33/h8,22-34,42-47H,9-20H2,1-7H3,(H,48,49)/t22-,23+,24+,25-,26+,27-,28-,29+,30-,31+,32+,33-,34-,38-,39-,40-,41-/m1/s1. The molecule has 7 N–H and O–H groups in total. The highest BCUT2D eigenvalue weighted by molar-refractivity contribution is 5.76. The zero-order valence-corrected chi connectivity index (χ0v) is 32.7. The second-order valence-corrected chi connectivity index (χ2v) is 20.2. The largest absolute Gasteiger partial charge is 0.481 e. The topological polar surface area (TPSA) is 196 Å². The van der Waals surface area contributed by atoms with Crippen molar-refractivity contribution < 1.29 is 59.5 Å². The van der Waals surface area contributed by atoms with E-state index in [0.717, 1.165) is 57.8 Å². The number of carbonyl (C=O) groups is 1. The van der Waals surface area contributed by atoms with Gasteiger partial charge in [0.05, 0.1) is 24.7 Å². The molecule has 2 aliphatic heterocycles. The maximum absolute atomic E-state index is 13.0. The molecule has 0 aromatic carbocycles. The van der Waals surface area contributed by atoms with Crippen LogP contribution in [0.1, 0.15) is 113 Å². The molecule has 0 radical (unpaired) electrons. The summed E-state index contributed by atoms with van der Waals surface area (Å²) >= 11 is 0. The summed E-state index contributed by atoms with van der Waals surface area (Å²) in [6.45, 7) is 15.6. The van der Waals surface area contributed by atoms with Gasteiger partial charge in [0.25, 0.3) is 0 Å². The number of rotatable bonds is 6. The molecule has 302 valence electrons. The van der Waals surface area contributed by atoms with Crippen molar-refractivity contribution in [2.24, 2.45) is 50.2 Å². The smallest absolute Gasteiger partial charge is 0.310 e. The number of fused-ring (bicyclic) bond motifs is 7. The lowest BCUT2D eigenvalue weighted by Gasteiger charge is -2.71. The lowest BCUT2D eigenvalue weighted by Crippen LogP contribution is -2.66. The predicted octanol–water partition coefficient (Wildman–Crippen LogP) is 3.52. The number of hydrogen-bond acceptors (Lipinski definition) is 11. The molecule has 7 aliphatic rings. The summed E-state index contributed by atoms with van der Waals surface area (Å²) in [7, 11) is 0. The van der Waals surface area contributed by atoms with E-state index in [1.807, 2.05) is 0 Å². The first-order valence-corrected chi connectivity index (χ1v) is 20.2. The predicted molar refractivity (Wildman–Crippen MR) is 192 cm³/mol. The van der Waals surface area contributed by atoms with Gasteiger partial charge < -0.3 is 54.7 Å². The van der Waals surface area contributed by atoms with Crippen molar-refractivity contribution in [3.8, 4) is 0 Å². The minimum Gasteiger partial charge on any atom is -0.481 e. The zero-order chi connectivity index (χ0) is 38.7. The summed E-state index contributed by atoms with van der Waals surface area (Å²) in [5.74, 6) is 0.0980. The molecule has 0 unspecified atom stereocenters. The maximum Gasteiger partial charge on any atom is 0.310 e. The third kappa shape index (κ3) is 5.94. The highest BCUT2D eigenvalue weighted by atomic mass is 16.8. The van der Waals surface area contributed by atoms with Crippen LogP contribution < -0.4 is 0 Å². The molecule has 0 aromatic heterocycles. The molecule has 0 spiro atoms. The summed E-state index contributed by atoms with van der Waals surface area (Å²) < 4.78 is 24.3. The van der Waals surface area contributed by atoms with E-state index in [9.17, 15) is 40.5 Å². The van der Waals surface area contributed by atoms with Gasteiger partial charge in [-0.1, -0.05) is 60.1 Å². The van der Waals surface area contributed by atoms with Gasteiger partial charge in [-0.15, -0.1) is 0 Å². The highest BCUT2D eigenvalue weighted by Crippen LogP contribution is 2.76. The Bertz CT molecular complexity index is 1430. The minimum atomic E-state index is -1.62. The van der Waals surface area contributed by atoms with Gasteiger partial charge in [-0.25, -0.2) is 0 Å². The summed E-state index contributed by atoms with van der Waals surface area (Å²) in [4.78, 5) is 13.0. The molecule has 7 rings (SSSR count). The van der Waals surface area contributed by atoms with Crippen molar-refractivity contribution in [1.82, 2.24) is 0 Å². The molecule has 12 nitrogen and oxygen atoms in total. The van der Waals surface area contributed by atoms with Crippen molar-refractivity contribution in [3.63, 3.8) is 0 Å². The molecule has 5 aliphatic carbocycles. The first-order chi connectivity index (χ1) is 24.7. The second kappa shape index (κ2) is 13.5. The van der Waals surface area contributed by atoms with Gasteiger partial charge in [0.2, 0.25) is 0 Å². The molecule has 0 bridgehead atoms. The third-order valence-corrected chi connectivity index (χ3v) is 16.9. The van der Waals surface area contributed by atoms with Gasteiger partial charge in [-0.2, -0.15) is 0 Å². The van der Waals surface area contributed by atoms with E-state index in [2.05, 4.69) is 54.5 Å². The normalized spacial score (nSPS) is 53.3. The van der Waals surface area contributed by atoms with Crippen LogP contribution in [0.5, 0.6) is 0 Å². The zero-order valence-electron chi connectivity index (χ0n) is 32.7. The molecular formula is C41H66O12. The monoisotopic (exact) mass is 750 g/mol. The van der Waals surface area contributed by atoms with Crippen molar-refractivity contribution in [3.05, 3.63) is 11.6 Å². The summed E-state index contributed by atoms with van der Waals surface area (Å²) in [6, 6.07) is 0. The van der Waals surface area contributed by atoms with E-state index < -0.39 is 73.3 Å². The lowest BCUT2D eigenvalue weighted by molar-refractivity contribution is -0.370. The molecule has 6 fully saturated rings. The molecule has 4 saturated carbocycles. The van der Waals surface area contributed by atoms with Crippen LogP contribution in [0, 0.1) is 50.2 Å². The fourth-order valence-electron chi connectivity index (χ4n) is 13.4. The summed E-state index contributed by atoms with van der Waals surface area (Å²) in [6.07, 6.45) is -1.79. The van der Waals surface area contributed by atoms with Gasteiger partial charge in [-0.3, -0.25) is 4.79 Å². The fraction of sp³-hybridized carbons (Fsp3) is 0.927. The number of carboxylic acid groups (broad SMARTS) is 1. The molecule has 17 atom stereocenters. The van der Waals surface area contributed by atoms with Crippen LogP contribution in [0.25, 0.3) is 0 Å². The number of hydrogen-bond donors (Lipinski definition) is 7. The van der Waals surface area contributed by atoms with Gasteiger partial charge >= 0.3 is 5.97 Å². The number of aliphatic carboxylic acids is 1. The Kier molecular flexibility index (Phi) is 10.2. The van der Waals surface area contributed by atoms with E-state index in [4.69, 9.17) is 18.9 Å². The molecule has 2 saturated heterocycles. The van der Waals surface area contributed by atoms with Crippen LogP contribution in [0.2, 0.25) is 0 Å². The van der Waals surface area contributed by atoms with Crippen molar-refractivity contribution in [2.45, 2.75) is 174 Å². The van der Waals surface area contributed by atoms with Gasteiger partial charge in [0, 0.05) is 0 Å². The minimum absolute atomic E-state index is 0.00263. The van der Waals surface area contributed by atoms with Crippen LogP contribution >= 0.6 is 0 Å². The van der Waals surface area contributed by atoms with E-state index >= 15 is 0 Å². The number of allylic oxidation sites excluding steroid dienone is 2. The third-order valence-electron chi connectivity index (χ3n) is 16.9. The Morgan fingerprint density at radius 1 is 0.811 bits per heavy atom. The number of aliphatic hydroxyl groups excluding tert-OH is 6. The molecule has 2 heterocycles. The quantitative estimate of drug-likeness (QED) is 0.155. The average Bonchev–Trinajstić information content (AvgIpc) is 3.08. The average molecular weight is 751 g/mol. The second-order valence-electron chi connectivity index (χ2n) is 20.2. The summed E-state index contributed by atoms with van der Waals surface area (Å²) in [5, 5.41) is 73.6. The van der Waals surface area contributed by atoms with Gasteiger partial charge in [-0.05, 0) is 109 Å². The highest BCUT2D eigenvalue weighted by Gasteiger charge is 2.69. The first-order valence-electron chi connectivity index (χ1n) is 20.2. The Morgan fingerprint density at radius 3 is 2.19 bits per heavy atom. The van der Waals surface area contributed by atoms with Crippen LogP contribution in [0.15, 0.2) is 11.6 Å². The molecule has 53 heavy (non-hydrogen) atoms. The Labute approximate surface area is 314 Å². The SMILES string of the molecule is CC1(C)CC[C@@]2(C(=O)O)CC[C@]3(C)C(=CC[C@H]4[C@]5(C)CC[C@@H](O[C@H]6O[C@@H](CO)[C@H](O)[C@@H](O)[C@@H]6O[C@H]6OC[C@H](O)[C@@H](O)[C@@H]6O)C(C)(C)[C@H]5CC[C@]43C)[C@H]2C1. The molecule has 0 amide bonds. The number of carboxylic acids is 1. The van der Waals surface area contributed by atoms with Crippen LogP contribution in [-0.4, -0.2) is 116 Å². The molecular weight excluding hydrogens is 684 g/mol. The molecule has 12 heteroatoms. The van der Waals surface area contributed by atoms with Crippen LogP contribution in [0.4, 0.5) is 0 Å². The van der Waals surface area contributed by atoms with Crippen LogP contribution in [0.3, 0.4) is 0 Å². The van der Waals surface area contributed by atoms with Crippen molar-refractivity contribution >= 4 is 5.97 Å². The maximum atomic E-state index is 13.0. The fourth-order valence-corrected chi connectivity index (χ4v) is 13.4. The van der Waals surface area contributed by atoms with E-state index in [1.54, 1.807) is 0 Å². The lowest BCUT2D eigenvalue weighted by atomic mass is 9.33. The Hall–Kier alpha value is -1.19. The Morgan fingerprint density at radius 2 is 1.51 bits per heavy atom. The van der Waals surface area contributed by atoms with Crippen LogP contribution in [-0.2, 0) is 23.7 Å². The Balaban J connectivity index is 1.15. The number of aliphatic hydroxyl groups is 6. The summed E-state index contributed by atoms with van der Waals surface area (Å²) in [5.41, 5.74) is 0.357. The van der Waals surface area contributed by atoms with E-state index in [-0.39, 0.29) is 51.6 Å². The van der Waals surface area contributed by atoms with Gasteiger partial charge in [0.1, 0.15) is 42.7 Å². The first kappa shape index (κ1) is 40.0. The van der Waals surface area contributed by atoms with E-state index in [1.165, 1.54) is 5.57 Å². The van der Waals surface area contributed by atoms with Crippen molar-refractivity contribution in [1.29, 1.82) is 0 Å². The van der Waals surface area contributed by atoms with Crippen molar-refractivity contribution in [2.75, 3.05) is 13.2 Å². The van der Waals surface area contributed by atoms with E-state index in [0.29, 0.717) is 12.3 Å². The number of ether oxygens (including phenoxy) is 4. The van der Waals surface area contributed by atoms with Gasteiger partial charge in [0.15, 0.2) is 12.6 Å². The molecule has 0 aromatic rings.